The summed E-state index contributed by atoms with van der Waals surface area (Å²) >= 11 is 1.32. The summed E-state index contributed by atoms with van der Waals surface area (Å²) in [6.07, 6.45) is 1.70. The number of ether oxygens (including phenoxy) is 1. The molecule has 0 radical (unpaired) electrons. The van der Waals surface area contributed by atoms with E-state index in [-0.39, 0.29) is 16.9 Å². The molecule has 3 rings (SSSR count). The fraction of sp³-hybridized carbons (Fsp3) is 0.235. The molecule has 0 fully saturated rings. The third kappa shape index (κ3) is 3.85. The predicted molar refractivity (Wildman–Crippen MR) is 97.2 cm³/mol. The van der Waals surface area contributed by atoms with Gasteiger partial charge in [0.15, 0.2) is 16.7 Å². The van der Waals surface area contributed by atoms with Crippen molar-refractivity contribution in [1.29, 1.82) is 0 Å². The normalized spacial score (nSPS) is 12.1. The number of pyridine rings is 1. The number of methoxy groups -OCH3 is 1. The number of carbonyl (C=O) groups is 1. The lowest BCUT2D eigenvalue weighted by Crippen LogP contribution is -2.22. The topological polar surface area (TPSA) is 100 Å². The molecule has 3 N–H and O–H groups in total. The maximum atomic E-state index is 12.4. The number of thioether (sulfide) groups is 1. The lowest BCUT2D eigenvalue weighted by atomic mass is 10.2. The molecule has 0 saturated heterocycles. The summed E-state index contributed by atoms with van der Waals surface area (Å²) < 4.78 is 4.98. The fourth-order valence-electron chi connectivity index (χ4n) is 2.28. The molecule has 1 unspecified atom stereocenters. The Kier molecular flexibility index (Phi) is 4.80. The van der Waals surface area contributed by atoms with Gasteiger partial charge in [-0.05, 0) is 32.0 Å². The zero-order chi connectivity index (χ0) is 18.0. The zero-order valence-corrected chi connectivity index (χ0v) is 14.8. The zero-order valence-electron chi connectivity index (χ0n) is 14.0. The fourth-order valence-corrected chi connectivity index (χ4v) is 3.10. The molecule has 1 aromatic carbocycles. The first-order valence-electron chi connectivity index (χ1n) is 7.63. The number of aryl methyl sites for hydroxylation is 1. The average Bonchev–Trinajstić information content (AvgIpc) is 2.96. The third-order valence-corrected chi connectivity index (χ3v) is 4.57. The van der Waals surface area contributed by atoms with Crippen LogP contribution < -0.4 is 10.1 Å². The Labute approximate surface area is 148 Å². The van der Waals surface area contributed by atoms with Gasteiger partial charge in [0.2, 0.25) is 5.91 Å². The average molecular weight is 358 g/mol. The van der Waals surface area contributed by atoms with Gasteiger partial charge in [-0.25, -0.2) is 4.98 Å². The number of hydrogen-bond donors (Lipinski definition) is 3. The van der Waals surface area contributed by atoms with E-state index in [0.29, 0.717) is 16.6 Å². The molecule has 0 saturated carbocycles. The van der Waals surface area contributed by atoms with Gasteiger partial charge in [-0.2, -0.15) is 0 Å². The van der Waals surface area contributed by atoms with Crippen LogP contribution in [0.3, 0.4) is 0 Å². The Morgan fingerprint density at radius 1 is 1.40 bits per heavy atom. The van der Waals surface area contributed by atoms with Crippen LogP contribution in [0.4, 0.5) is 5.69 Å². The first kappa shape index (κ1) is 17.1. The Balaban J connectivity index is 1.68. The van der Waals surface area contributed by atoms with Gasteiger partial charge in [0.05, 0.1) is 24.1 Å². The maximum Gasteiger partial charge on any atom is 0.237 e. The van der Waals surface area contributed by atoms with Gasteiger partial charge in [0.25, 0.3) is 0 Å². The van der Waals surface area contributed by atoms with Gasteiger partial charge in [-0.1, -0.05) is 11.8 Å². The number of imidazole rings is 1. The van der Waals surface area contributed by atoms with Gasteiger partial charge in [0, 0.05) is 17.4 Å². The molecular formula is C17H18N4O3S. The van der Waals surface area contributed by atoms with Crippen molar-refractivity contribution in [2.24, 2.45) is 0 Å². The molecule has 0 bridgehead atoms. The first-order chi connectivity index (χ1) is 12.0. The number of nitrogens with one attached hydrogen (secondary N) is 2. The monoisotopic (exact) mass is 358 g/mol. The summed E-state index contributed by atoms with van der Waals surface area (Å²) in [6.45, 7) is 3.70. The Morgan fingerprint density at radius 3 is 2.92 bits per heavy atom. The van der Waals surface area contributed by atoms with Crippen LogP contribution in [0.1, 0.15) is 12.6 Å². The highest BCUT2D eigenvalue weighted by molar-refractivity contribution is 8.00. The van der Waals surface area contributed by atoms with E-state index < -0.39 is 0 Å². The molecule has 0 aliphatic carbocycles. The number of amides is 1. The van der Waals surface area contributed by atoms with Gasteiger partial charge in [-0.3, -0.25) is 9.78 Å². The molecule has 25 heavy (non-hydrogen) atoms. The highest BCUT2D eigenvalue weighted by Gasteiger charge is 2.17. The van der Waals surface area contributed by atoms with Crippen LogP contribution in [-0.2, 0) is 4.79 Å². The van der Waals surface area contributed by atoms with Crippen LogP contribution >= 0.6 is 11.8 Å². The molecule has 8 heteroatoms. The predicted octanol–water partition coefficient (Wildman–Crippen LogP) is 3.10. The molecule has 1 atom stereocenters. The largest absolute Gasteiger partial charge is 0.504 e. The van der Waals surface area contributed by atoms with Gasteiger partial charge in [-0.15, -0.1) is 0 Å². The number of H-pyrrole nitrogens is 1. The van der Waals surface area contributed by atoms with E-state index in [1.54, 1.807) is 25.3 Å². The summed E-state index contributed by atoms with van der Waals surface area (Å²) in [5.74, 6) is 0.136. The van der Waals surface area contributed by atoms with Crippen molar-refractivity contribution in [1.82, 2.24) is 15.0 Å². The number of benzene rings is 1. The number of fused-ring (bicyclic) bond motifs is 1. The molecule has 7 nitrogen and oxygen atoms in total. The highest BCUT2D eigenvalue weighted by Crippen LogP contribution is 2.29. The summed E-state index contributed by atoms with van der Waals surface area (Å²) in [5.41, 5.74) is 3.06. The highest BCUT2D eigenvalue weighted by atomic mass is 32.2. The lowest BCUT2D eigenvalue weighted by Gasteiger charge is -2.11. The van der Waals surface area contributed by atoms with E-state index in [1.165, 1.54) is 24.9 Å². The van der Waals surface area contributed by atoms with Crippen LogP contribution in [0.25, 0.3) is 11.0 Å². The van der Waals surface area contributed by atoms with E-state index in [9.17, 15) is 9.90 Å². The number of phenols is 1. The SMILES string of the molecule is COc1ccc(NC(=O)C(C)Sc2nc3cnc(C)cc3[nH]2)cc1O. The Hall–Kier alpha value is -2.74. The Bertz CT molecular complexity index is 925. The minimum atomic E-state index is -0.376. The summed E-state index contributed by atoms with van der Waals surface area (Å²) in [6, 6.07) is 6.63. The number of anilines is 1. The molecule has 0 spiro atoms. The van der Waals surface area contributed by atoms with Crippen LogP contribution in [-0.4, -0.2) is 38.3 Å². The third-order valence-electron chi connectivity index (χ3n) is 3.59. The van der Waals surface area contributed by atoms with E-state index in [2.05, 4.69) is 20.3 Å². The van der Waals surface area contributed by atoms with Gasteiger partial charge >= 0.3 is 0 Å². The lowest BCUT2D eigenvalue weighted by molar-refractivity contribution is -0.115. The summed E-state index contributed by atoms with van der Waals surface area (Å²) in [7, 11) is 1.47. The quantitative estimate of drug-likeness (QED) is 0.606. The van der Waals surface area contributed by atoms with Crippen molar-refractivity contribution in [2.75, 3.05) is 12.4 Å². The molecule has 0 aliphatic rings. The smallest absolute Gasteiger partial charge is 0.237 e. The number of aromatic hydroxyl groups is 1. The number of aromatic nitrogens is 3. The van der Waals surface area contributed by atoms with Crippen LogP contribution in [0.2, 0.25) is 0 Å². The second-order valence-electron chi connectivity index (χ2n) is 5.52. The van der Waals surface area contributed by atoms with Crippen molar-refractivity contribution < 1.29 is 14.6 Å². The Morgan fingerprint density at radius 2 is 2.20 bits per heavy atom. The van der Waals surface area contributed by atoms with Crippen LogP contribution in [0, 0.1) is 6.92 Å². The van der Waals surface area contributed by atoms with E-state index in [1.807, 2.05) is 13.0 Å². The molecular weight excluding hydrogens is 340 g/mol. The second-order valence-corrected chi connectivity index (χ2v) is 6.85. The van der Waals surface area contributed by atoms with Crippen molar-refractivity contribution in [2.45, 2.75) is 24.3 Å². The first-order valence-corrected chi connectivity index (χ1v) is 8.51. The van der Waals surface area contributed by atoms with Crippen molar-refractivity contribution >= 4 is 34.4 Å². The van der Waals surface area contributed by atoms with Crippen molar-refractivity contribution in [3.63, 3.8) is 0 Å². The molecule has 1 amide bonds. The number of hydrogen-bond acceptors (Lipinski definition) is 6. The van der Waals surface area contributed by atoms with Gasteiger partial charge < -0.3 is 20.1 Å². The number of phenolic OH excluding ortho intramolecular Hbond substituents is 1. The summed E-state index contributed by atoms with van der Waals surface area (Å²) in [5, 5.41) is 12.8. The molecule has 3 aromatic rings. The molecule has 2 heterocycles. The van der Waals surface area contributed by atoms with E-state index in [0.717, 1.165) is 16.7 Å². The van der Waals surface area contributed by atoms with Crippen molar-refractivity contribution in [3.05, 3.63) is 36.2 Å². The number of aromatic amines is 1. The van der Waals surface area contributed by atoms with Crippen molar-refractivity contribution in [3.8, 4) is 11.5 Å². The standard InChI is InChI=1S/C17H18N4O3S/c1-9-6-12-13(8-18-9)21-17(20-12)25-10(2)16(23)19-11-4-5-15(24-3)14(22)7-11/h4-8,10,22H,1-3H3,(H,19,23)(H,20,21). The van der Waals surface area contributed by atoms with E-state index in [4.69, 9.17) is 4.74 Å². The van der Waals surface area contributed by atoms with E-state index >= 15 is 0 Å². The van der Waals surface area contributed by atoms with Gasteiger partial charge in [0.1, 0.15) is 5.52 Å². The molecule has 0 aliphatic heterocycles. The second kappa shape index (κ2) is 7.02. The minimum absolute atomic E-state index is 0.0271. The van der Waals surface area contributed by atoms with Crippen LogP contribution in [0.15, 0.2) is 35.6 Å². The number of rotatable bonds is 5. The molecule has 130 valence electrons. The minimum Gasteiger partial charge on any atom is -0.504 e. The molecule has 2 aromatic heterocycles. The van der Waals surface area contributed by atoms with Crippen LogP contribution in [0.5, 0.6) is 11.5 Å². The number of carbonyl (C=O) groups excluding carboxylic acids is 1. The number of nitrogens with zero attached hydrogens (tertiary/aromatic N) is 2. The maximum absolute atomic E-state index is 12.4. The summed E-state index contributed by atoms with van der Waals surface area (Å²) in [4.78, 5) is 24.2.